The van der Waals surface area contributed by atoms with E-state index in [4.69, 9.17) is 10.4 Å². The molecule has 0 spiro atoms. The Labute approximate surface area is 98.3 Å². The maximum absolute atomic E-state index is 11.1. The van der Waals surface area contributed by atoms with E-state index in [0.29, 0.717) is 25.2 Å². The molecule has 0 atom stereocenters. The Bertz CT molecular complexity index is 459. The zero-order valence-corrected chi connectivity index (χ0v) is 9.18. The van der Waals surface area contributed by atoms with E-state index in [1.807, 2.05) is 6.07 Å². The van der Waals surface area contributed by atoms with Crippen molar-refractivity contribution < 1.29 is 9.90 Å². The highest BCUT2D eigenvalue weighted by molar-refractivity contribution is 5.76. The largest absolute Gasteiger partial charge is 0.481 e. The third kappa shape index (κ3) is 2.18. The van der Waals surface area contributed by atoms with E-state index >= 15 is 0 Å². The minimum Gasteiger partial charge on any atom is -0.481 e. The van der Waals surface area contributed by atoms with Crippen LogP contribution in [0.5, 0.6) is 0 Å². The van der Waals surface area contributed by atoms with Gasteiger partial charge in [-0.05, 0) is 12.8 Å². The predicted molar refractivity (Wildman–Crippen MR) is 59.2 cm³/mol. The van der Waals surface area contributed by atoms with Crippen LogP contribution in [0.1, 0.15) is 25.0 Å². The molecular weight excluding hydrogens is 220 g/mol. The third-order valence-corrected chi connectivity index (χ3v) is 3.14. The maximum Gasteiger partial charge on any atom is 0.311 e. The van der Waals surface area contributed by atoms with Crippen LogP contribution in [0.3, 0.4) is 0 Å². The Kier molecular flexibility index (Phi) is 2.91. The number of anilines is 1. The second kappa shape index (κ2) is 4.37. The van der Waals surface area contributed by atoms with Crippen LogP contribution in [0, 0.1) is 16.7 Å². The van der Waals surface area contributed by atoms with Crippen molar-refractivity contribution in [2.75, 3.05) is 11.9 Å². The van der Waals surface area contributed by atoms with Crippen molar-refractivity contribution in [3.05, 3.63) is 18.1 Å². The van der Waals surface area contributed by atoms with Gasteiger partial charge >= 0.3 is 5.97 Å². The van der Waals surface area contributed by atoms with E-state index in [1.165, 1.54) is 12.4 Å². The average Bonchev–Trinajstić information content (AvgIpc) is 2.28. The number of hydrogen-bond acceptors (Lipinski definition) is 5. The van der Waals surface area contributed by atoms with Crippen LogP contribution >= 0.6 is 0 Å². The summed E-state index contributed by atoms with van der Waals surface area (Å²) in [5.41, 5.74) is -0.414. The molecule has 0 unspecified atom stereocenters. The fourth-order valence-electron chi connectivity index (χ4n) is 1.81. The van der Waals surface area contributed by atoms with Crippen LogP contribution in [-0.4, -0.2) is 27.6 Å². The monoisotopic (exact) mass is 232 g/mol. The number of carboxylic acids is 1. The van der Waals surface area contributed by atoms with Crippen LogP contribution < -0.4 is 5.32 Å². The number of hydrogen-bond donors (Lipinski definition) is 2. The summed E-state index contributed by atoms with van der Waals surface area (Å²) in [5.74, 6) is -0.269. The molecule has 88 valence electrons. The topological polar surface area (TPSA) is 98.9 Å². The van der Waals surface area contributed by atoms with Crippen LogP contribution in [0.4, 0.5) is 5.82 Å². The lowest BCUT2D eigenvalue weighted by Crippen LogP contribution is -2.43. The molecule has 1 fully saturated rings. The summed E-state index contributed by atoms with van der Waals surface area (Å²) in [4.78, 5) is 18.9. The van der Waals surface area contributed by atoms with Crippen LogP contribution in [-0.2, 0) is 4.79 Å². The van der Waals surface area contributed by atoms with Gasteiger partial charge in [0.25, 0.3) is 0 Å². The number of rotatable bonds is 4. The lowest BCUT2D eigenvalue weighted by atomic mass is 9.69. The SMILES string of the molecule is N#Cc1cnc(NCC2(C(=O)O)CCC2)cn1. The minimum atomic E-state index is -0.766. The Hall–Kier alpha value is -2.16. The summed E-state index contributed by atoms with van der Waals surface area (Å²) < 4.78 is 0. The maximum atomic E-state index is 11.1. The van der Waals surface area contributed by atoms with Gasteiger partial charge < -0.3 is 10.4 Å². The Morgan fingerprint density at radius 3 is 2.71 bits per heavy atom. The van der Waals surface area contributed by atoms with Crippen molar-refractivity contribution in [1.82, 2.24) is 9.97 Å². The van der Waals surface area contributed by atoms with E-state index < -0.39 is 11.4 Å². The number of nitrogens with zero attached hydrogens (tertiary/aromatic N) is 3. The second-order valence-corrected chi connectivity index (χ2v) is 4.19. The van der Waals surface area contributed by atoms with E-state index in [2.05, 4.69) is 15.3 Å². The quantitative estimate of drug-likeness (QED) is 0.803. The molecular formula is C11H12N4O2. The number of carbonyl (C=O) groups is 1. The smallest absolute Gasteiger partial charge is 0.311 e. The molecule has 2 N–H and O–H groups in total. The van der Waals surface area contributed by atoms with E-state index in [0.717, 1.165) is 6.42 Å². The lowest BCUT2D eigenvalue weighted by Gasteiger charge is -2.37. The van der Waals surface area contributed by atoms with Gasteiger partial charge in [0.15, 0.2) is 5.69 Å². The first kappa shape index (κ1) is 11.3. The molecule has 1 aromatic heterocycles. The molecule has 0 radical (unpaired) electrons. The van der Waals surface area contributed by atoms with Crippen LogP contribution in [0.2, 0.25) is 0 Å². The predicted octanol–water partition coefficient (Wildman–Crippen LogP) is 1.02. The molecule has 1 heterocycles. The highest BCUT2D eigenvalue weighted by Crippen LogP contribution is 2.41. The van der Waals surface area contributed by atoms with E-state index in [9.17, 15) is 4.79 Å². The number of aromatic nitrogens is 2. The van der Waals surface area contributed by atoms with Gasteiger partial charge in [0.1, 0.15) is 11.9 Å². The molecule has 6 nitrogen and oxygen atoms in total. The molecule has 17 heavy (non-hydrogen) atoms. The van der Waals surface area contributed by atoms with Gasteiger partial charge in [-0.2, -0.15) is 5.26 Å². The van der Waals surface area contributed by atoms with Gasteiger partial charge in [-0.3, -0.25) is 4.79 Å². The number of nitriles is 1. The zero-order chi connectivity index (χ0) is 12.3. The highest BCUT2D eigenvalue weighted by Gasteiger charge is 2.44. The Morgan fingerprint density at radius 2 is 2.29 bits per heavy atom. The van der Waals surface area contributed by atoms with Gasteiger partial charge in [0.05, 0.1) is 17.8 Å². The van der Waals surface area contributed by atoms with Crippen molar-refractivity contribution in [2.24, 2.45) is 5.41 Å². The summed E-state index contributed by atoms with van der Waals surface area (Å²) >= 11 is 0. The molecule has 6 heteroatoms. The normalized spacial score (nSPS) is 16.6. The number of aliphatic carboxylic acids is 1. The van der Waals surface area contributed by atoms with Gasteiger partial charge in [-0.1, -0.05) is 6.42 Å². The van der Waals surface area contributed by atoms with Gasteiger partial charge in [0, 0.05) is 6.54 Å². The molecule has 1 aliphatic carbocycles. The second-order valence-electron chi connectivity index (χ2n) is 4.19. The summed E-state index contributed by atoms with van der Waals surface area (Å²) in [6, 6.07) is 1.87. The molecule has 0 aliphatic heterocycles. The van der Waals surface area contributed by atoms with Crippen LogP contribution in [0.25, 0.3) is 0 Å². The summed E-state index contributed by atoms with van der Waals surface area (Å²) in [6.45, 7) is 0.350. The molecule has 0 aromatic carbocycles. The minimum absolute atomic E-state index is 0.243. The Morgan fingerprint density at radius 1 is 1.53 bits per heavy atom. The first-order valence-electron chi connectivity index (χ1n) is 5.36. The molecule has 0 saturated heterocycles. The number of carboxylic acid groups (broad SMARTS) is 1. The lowest BCUT2D eigenvalue weighted by molar-refractivity contribution is -0.153. The molecule has 1 aliphatic rings. The van der Waals surface area contributed by atoms with Crippen molar-refractivity contribution in [3.8, 4) is 6.07 Å². The van der Waals surface area contributed by atoms with Gasteiger partial charge in [0.2, 0.25) is 0 Å². The fraction of sp³-hybridized carbons (Fsp3) is 0.455. The summed E-state index contributed by atoms with van der Waals surface area (Å²) in [5, 5.41) is 20.6. The van der Waals surface area contributed by atoms with Crippen molar-refractivity contribution in [2.45, 2.75) is 19.3 Å². The average molecular weight is 232 g/mol. The molecule has 1 aromatic rings. The van der Waals surface area contributed by atoms with Crippen molar-refractivity contribution in [3.63, 3.8) is 0 Å². The number of nitrogens with one attached hydrogen (secondary N) is 1. The van der Waals surface area contributed by atoms with E-state index in [1.54, 1.807) is 0 Å². The van der Waals surface area contributed by atoms with Crippen molar-refractivity contribution in [1.29, 1.82) is 5.26 Å². The van der Waals surface area contributed by atoms with Gasteiger partial charge in [-0.15, -0.1) is 0 Å². The summed E-state index contributed by atoms with van der Waals surface area (Å²) in [6.07, 6.45) is 5.13. The summed E-state index contributed by atoms with van der Waals surface area (Å²) in [7, 11) is 0. The molecule has 0 amide bonds. The third-order valence-electron chi connectivity index (χ3n) is 3.14. The Balaban J connectivity index is 1.97. The first-order chi connectivity index (χ1) is 8.16. The van der Waals surface area contributed by atoms with Crippen LogP contribution in [0.15, 0.2) is 12.4 Å². The fourth-order valence-corrected chi connectivity index (χ4v) is 1.81. The first-order valence-corrected chi connectivity index (χ1v) is 5.36. The van der Waals surface area contributed by atoms with Crippen molar-refractivity contribution >= 4 is 11.8 Å². The van der Waals surface area contributed by atoms with Gasteiger partial charge in [-0.25, -0.2) is 9.97 Å². The van der Waals surface area contributed by atoms with E-state index in [-0.39, 0.29) is 5.69 Å². The standard InChI is InChI=1S/C11H12N4O2/c12-4-8-5-14-9(6-13-8)15-7-11(10(16)17)2-1-3-11/h5-6H,1-3,7H2,(H,14,15)(H,16,17). The zero-order valence-electron chi connectivity index (χ0n) is 9.18. The molecule has 2 rings (SSSR count). The molecule has 1 saturated carbocycles. The highest BCUT2D eigenvalue weighted by atomic mass is 16.4. The molecule has 0 bridgehead atoms.